The van der Waals surface area contributed by atoms with Gasteiger partial charge in [0.1, 0.15) is 5.01 Å². The number of carbonyl (C=O) groups excluding carboxylic acids is 2. The number of thiazole rings is 1. The lowest BCUT2D eigenvalue weighted by Crippen LogP contribution is -2.14. The molecule has 0 bridgehead atoms. The summed E-state index contributed by atoms with van der Waals surface area (Å²) in [5.74, 6) is 0.194. The van der Waals surface area contributed by atoms with Gasteiger partial charge < -0.3 is 10.1 Å². The first-order valence-electron chi connectivity index (χ1n) is 11.4. The van der Waals surface area contributed by atoms with Crippen molar-refractivity contribution >= 4 is 41.1 Å². The first kappa shape index (κ1) is 22.9. The average molecular weight is 461 g/mol. The molecule has 1 fully saturated rings. The van der Waals surface area contributed by atoms with Crippen LogP contribution in [0.2, 0.25) is 0 Å². The number of hydrogen-bond donors (Lipinski definition) is 1. The number of rotatable bonds is 9. The highest BCUT2D eigenvalue weighted by molar-refractivity contribution is 7.10. The number of hydrogen-bond acceptors (Lipinski definition) is 5. The molecule has 3 aromatic rings. The van der Waals surface area contributed by atoms with Crippen molar-refractivity contribution in [3.63, 3.8) is 0 Å². The first-order valence-corrected chi connectivity index (χ1v) is 12.3. The zero-order valence-corrected chi connectivity index (χ0v) is 19.6. The fourth-order valence-corrected chi connectivity index (χ4v) is 4.57. The van der Waals surface area contributed by atoms with E-state index in [0.717, 1.165) is 21.8 Å². The number of amides is 1. The lowest BCUT2D eigenvalue weighted by molar-refractivity contribution is -0.116. The van der Waals surface area contributed by atoms with Gasteiger partial charge in [-0.3, -0.25) is 4.79 Å². The third-order valence-corrected chi connectivity index (χ3v) is 6.61. The molecule has 1 saturated carbocycles. The molecule has 0 atom stereocenters. The summed E-state index contributed by atoms with van der Waals surface area (Å²) in [5, 5.41) is 6.13. The Hall–Kier alpha value is -3.25. The topological polar surface area (TPSA) is 68.3 Å². The number of nitrogens with zero attached hydrogens (tertiary/aromatic N) is 1. The Morgan fingerprint density at radius 2 is 2.00 bits per heavy atom. The van der Waals surface area contributed by atoms with Crippen LogP contribution in [0.5, 0.6) is 0 Å². The molecule has 4 rings (SSSR count). The fraction of sp³-hybridized carbons (Fsp3) is 0.296. The summed E-state index contributed by atoms with van der Waals surface area (Å²) in [4.78, 5) is 29.4. The van der Waals surface area contributed by atoms with Crippen molar-refractivity contribution in [1.29, 1.82) is 0 Å². The molecule has 1 heterocycles. The Morgan fingerprint density at radius 3 is 2.79 bits per heavy atom. The molecule has 2 aromatic carbocycles. The number of nitrogens with one attached hydrogen (secondary N) is 1. The van der Waals surface area contributed by atoms with Crippen molar-refractivity contribution < 1.29 is 14.3 Å². The number of benzene rings is 2. The number of aryl methyl sites for hydroxylation is 1. The molecule has 0 saturated heterocycles. The van der Waals surface area contributed by atoms with Gasteiger partial charge in [0, 0.05) is 23.4 Å². The lowest BCUT2D eigenvalue weighted by atomic mass is 9.83. The van der Waals surface area contributed by atoms with Crippen LogP contribution in [0.15, 0.2) is 53.9 Å². The van der Waals surface area contributed by atoms with E-state index in [1.165, 1.54) is 25.0 Å². The van der Waals surface area contributed by atoms with Crippen LogP contribution >= 0.6 is 11.3 Å². The van der Waals surface area contributed by atoms with Gasteiger partial charge in [0.25, 0.3) is 0 Å². The van der Waals surface area contributed by atoms with Crippen molar-refractivity contribution in [2.24, 2.45) is 0 Å². The molecule has 5 nitrogen and oxygen atoms in total. The first-order chi connectivity index (χ1) is 16.1. The van der Waals surface area contributed by atoms with Crippen molar-refractivity contribution in [3.8, 4) is 0 Å². The van der Waals surface area contributed by atoms with Gasteiger partial charge >= 0.3 is 5.97 Å². The van der Waals surface area contributed by atoms with Crippen LogP contribution in [0.1, 0.15) is 70.7 Å². The van der Waals surface area contributed by atoms with Crippen LogP contribution in [0.3, 0.4) is 0 Å². The number of ether oxygens (including phenoxy) is 1. The summed E-state index contributed by atoms with van der Waals surface area (Å²) in [6.07, 6.45) is 8.61. The maximum atomic E-state index is 12.5. The largest absolute Gasteiger partial charge is 0.462 e. The monoisotopic (exact) mass is 460 g/mol. The van der Waals surface area contributed by atoms with E-state index in [-0.39, 0.29) is 18.3 Å². The van der Waals surface area contributed by atoms with E-state index >= 15 is 0 Å². The minimum atomic E-state index is -0.354. The summed E-state index contributed by atoms with van der Waals surface area (Å²) < 4.78 is 5.11. The van der Waals surface area contributed by atoms with Crippen LogP contribution in [0, 0.1) is 0 Å². The quantitative estimate of drug-likeness (QED) is 0.379. The van der Waals surface area contributed by atoms with Crippen LogP contribution in [-0.2, 0) is 16.0 Å². The van der Waals surface area contributed by atoms with E-state index in [4.69, 9.17) is 9.72 Å². The van der Waals surface area contributed by atoms with Crippen LogP contribution in [-0.4, -0.2) is 23.5 Å². The zero-order chi connectivity index (χ0) is 23.0. The van der Waals surface area contributed by atoms with Gasteiger partial charge in [-0.2, -0.15) is 0 Å². The van der Waals surface area contributed by atoms with Crippen molar-refractivity contribution in [2.45, 2.75) is 44.9 Å². The Bertz CT molecular complexity index is 1150. The molecule has 1 amide bonds. The second-order valence-electron chi connectivity index (χ2n) is 8.12. The van der Waals surface area contributed by atoms with Gasteiger partial charge in [-0.1, -0.05) is 42.8 Å². The lowest BCUT2D eigenvalue weighted by Gasteiger charge is -2.22. The minimum Gasteiger partial charge on any atom is -0.462 e. The Morgan fingerprint density at radius 1 is 1.15 bits per heavy atom. The highest BCUT2D eigenvalue weighted by Crippen LogP contribution is 2.36. The predicted molar refractivity (Wildman–Crippen MR) is 133 cm³/mol. The Labute approximate surface area is 198 Å². The number of carbonyl (C=O) groups is 2. The van der Waals surface area contributed by atoms with E-state index < -0.39 is 0 Å². The highest BCUT2D eigenvalue weighted by Gasteiger charge is 2.21. The van der Waals surface area contributed by atoms with Crippen molar-refractivity contribution in [3.05, 3.63) is 81.3 Å². The molecule has 1 aromatic heterocycles. The summed E-state index contributed by atoms with van der Waals surface area (Å²) in [6.45, 7) is 2.10. The second kappa shape index (κ2) is 11.1. The highest BCUT2D eigenvalue weighted by atomic mass is 32.1. The SMILES string of the molecule is CCOC(=O)c1ccccc1CCC(=O)Nc1cccc(C=Cc2nc(C3CCC3)cs2)c1. The van der Waals surface area contributed by atoms with Gasteiger partial charge in [-0.25, -0.2) is 9.78 Å². The maximum Gasteiger partial charge on any atom is 0.338 e. The van der Waals surface area contributed by atoms with Crippen LogP contribution < -0.4 is 5.32 Å². The number of esters is 1. The molecule has 6 heteroatoms. The van der Waals surface area contributed by atoms with E-state index in [0.29, 0.717) is 24.5 Å². The molecular formula is C27H28N2O3S. The molecular weight excluding hydrogens is 432 g/mol. The van der Waals surface area contributed by atoms with Gasteiger partial charge in [0.05, 0.1) is 17.9 Å². The number of aromatic nitrogens is 1. The molecule has 1 aliphatic carbocycles. The molecule has 33 heavy (non-hydrogen) atoms. The summed E-state index contributed by atoms with van der Waals surface area (Å²) >= 11 is 1.67. The van der Waals surface area contributed by atoms with Gasteiger partial charge in [-0.15, -0.1) is 11.3 Å². The van der Waals surface area contributed by atoms with Crippen molar-refractivity contribution in [1.82, 2.24) is 4.98 Å². The molecule has 0 unspecified atom stereocenters. The fourth-order valence-electron chi connectivity index (χ4n) is 3.77. The number of anilines is 1. The van der Waals surface area contributed by atoms with Crippen LogP contribution in [0.4, 0.5) is 5.69 Å². The standard InChI is InChI=1S/C27H28N2O3S/c1-2-32-27(31)23-12-4-3-8-20(23)14-15-25(30)28-22-11-5-7-19(17-22)13-16-26-29-24(18-33-26)21-9-6-10-21/h3-5,7-8,11-13,16-18,21H,2,6,9-10,14-15H2,1H3,(H,28,30). The average Bonchev–Trinajstić information content (AvgIpc) is 3.24. The molecule has 1 aliphatic rings. The normalized spacial score (nSPS) is 13.6. The summed E-state index contributed by atoms with van der Waals surface area (Å²) in [7, 11) is 0. The van der Waals surface area contributed by atoms with Gasteiger partial charge in [0.2, 0.25) is 5.91 Å². The van der Waals surface area contributed by atoms with E-state index in [1.54, 1.807) is 30.4 Å². The third kappa shape index (κ3) is 6.17. The second-order valence-corrected chi connectivity index (χ2v) is 9.01. The van der Waals surface area contributed by atoms with Gasteiger partial charge in [0.15, 0.2) is 0 Å². The molecule has 0 radical (unpaired) electrons. The Kier molecular flexibility index (Phi) is 7.68. The smallest absolute Gasteiger partial charge is 0.338 e. The van der Waals surface area contributed by atoms with Gasteiger partial charge in [-0.05, 0) is 61.6 Å². The molecule has 170 valence electrons. The molecule has 0 aliphatic heterocycles. The predicted octanol–water partition coefficient (Wildman–Crippen LogP) is 6.33. The summed E-state index contributed by atoms with van der Waals surface area (Å²) in [6, 6.07) is 15.0. The molecule has 0 spiro atoms. The zero-order valence-electron chi connectivity index (χ0n) is 18.8. The Balaban J connectivity index is 1.33. The van der Waals surface area contributed by atoms with E-state index in [9.17, 15) is 9.59 Å². The molecule has 1 N–H and O–H groups in total. The van der Waals surface area contributed by atoms with E-state index in [2.05, 4.69) is 10.7 Å². The van der Waals surface area contributed by atoms with Crippen molar-refractivity contribution in [2.75, 3.05) is 11.9 Å². The van der Waals surface area contributed by atoms with E-state index in [1.807, 2.05) is 48.6 Å². The minimum absolute atomic E-state index is 0.0974. The third-order valence-electron chi connectivity index (χ3n) is 5.79. The summed E-state index contributed by atoms with van der Waals surface area (Å²) in [5.41, 5.74) is 4.29. The maximum absolute atomic E-state index is 12.5. The van der Waals surface area contributed by atoms with Crippen LogP contribution in [0.25, 0.3) is 12.2 Å².